The second-order valence-electron chi connectivity index (χ2n) is 2.70. The molecule has 0 saturated carbocycles. The molecule has 0 heterocycles. The summed E-state index contributed by atoms with van der Waals surface area (Å²) in [6.07, 6.45) is 0.268. The first-order valence-corrected chi connectivity index (χ1v) is 4.37. The second-order valence-corrected chi connectivity index (χ2v) is 3.19. The monoisotopic (exact) mass is 190 g/mol. The Balaban J connectivity index is 2.70. The predicted molar refractivity (Wildman–Crippen MR) is 57.6 cm³/mol. The highest BCUT2D eigenvalue weighted by Crippen LogP contribution is 2.13. The van der Waals surface area contributed by atoms with E-state index in [0.717, 1.165) is 11.3 Å². The molecule has 1 N–H and O–H groups in total. The van der Waals surface area contributed by atoms with Crippen LogP contribution in [0.5, 0.6) is 0 Å². The minimum absolute atomic E-state index is 0.268. The minimum atomic E-state index is 0.268. The van der Waals surface area contributed by atoms with Gasteiger partial charge in [-0.05, 0) is 18.6 Å². The Morgan fingerprint density at radius 3 is 2.85 bits per heavy atom. The molecule has 3 heteroatoms. The first-order chi connectivity index (χ1) is 6.24. The number of benzene rings is 1. The van der Waals surface area contributed by atoms with Crippen molar-refractivity contribution in [1.29, 1.82) is 5.26 Å². The molecule has 0 fully saturated rings. The number of aryl methyl sites for hydroxylation is 1. The fraction of sp³-hybridized carbons (Fsp3) is 0.200. The highest BCUT2D eigenvalue weighted by atomic mass is 32.1. The molecule has 0 unspecified atom stereocenters. The van der Waals surface area contributed by atoms with E-state index in [1.165, 1.54) is 0 Å². The fourth-order valence-electron chi connectivity index (χ4n) is 0.979. The number of thiocarbonyl (C=S) groups is 1. The summed E-state index contributed by atoms with van der Waals surface area (Å²) in [6.45, 7) is 2.00. The van der Waals surface area contributed by atoms with Crippen molar-refractivity contribution in [3.05, 3.63) is 29.8 Å². The van der Waals surface area contributed by atoms with Crippen LogP contribution < -0.4 is 5.32 Å². The first-order valence-electron chi connectivity index (χ1n) is 3.96. The van der Waals surface area contributed by atoms with Crippen LogP contribution in [0, 0.1) is 18.3 Å². The summed E-state index contributed by atoms with van der Waals surface area (Å²) < 4.78 is 0. The van der Waals surface area contributed by atoms with Crippen LogP contribution in [0.1, 0.15) is 12.0 Å². The second kappa shape index (κ2) is 4.58. The van der Waals surface area contributed by atoms with Gasteiger partial charge in [-0.1, -0.05) is 30.4 Å². The van der Waals surface area contributed by atoms with Crippen molar-refractivity contribution in [2.75, 3.05) is 5.32 Å². The number of rotatable bonds is 2. The van der Waals surface area contributed by atoms with Crippen LogP contribution in [-0.2, 0) is 0 Å². The SMILES string of the molecule is Cc1ccccc1NC(=S)CC#N. The molecular weight excluding hydrogens is 180 g/mol. The normalized spacial score (nSPS) is 8.92. The van der Waals surface area contributed by atoms with E-state index < -0.39 is 0 Å². The molecule has 0 aliphatic heterocycles. The zero-order valence-electron chi connectivity index (χ0n) is 7.37. The van der Waals surface area contributed by atoms with Crippen molar-refractivity contribution in [3.63, 3.8) is 0 Å². The third-order valence-electron chi connectivity index (χ3n) is 1.66. The number of para-hydroxylation sites is 1. The van der Waals surface area contributed by atoms with Gasteiger partial charge < -0.3 is 5.32 Å². The highest BCUT2D eigenvalue weighted by Gasteiger charge is 1.98. The summed E-state index contributed by atoms with van der Waals surface area (Å²) in [6, 6.07) is 9.85. The van der Waals surface area contributed by atoms with E-state index in [9.17, 15) is 0 Å². The van der Waals surface area contributed by atoms with E-state index in [1.807, 2.05) is 37.3 Å². The van der Waals surface area contributed by atoms with Gasteiger partial charge in [-0.25, -0.2) is 0 Å². The molecule has 0 amide bonds. The molecule has 1 rings (SSSR count). The Morgan fingerprint density at radius 1 is 1.54 bits per heavy atom. The van der Waals surface area contributed by atoms with E-state index >= 15 is 0 Å². The summed E-state index contributed by atoms with van der Waals surface area (Å²) in [7, 11) is 0. The number of nitrogens with one attached hydrogen (secondary N) is 1. The van der Waals surface area contributed by atoms with Crippen LogP contribution in [0.2, 0.25) is 0 Å². The average Bonchev–Trinajstić information content (AvgIpc) is 2.09. The standard InChI is InChI=1S/C10H10N2S/c1-8-4-2-3-5-9(8)12-10(13)6-7-11/h2-5H,6H2,1H3,(H,12,13). The van der Waals surface area contributed by atoms with Gasteiger partial charge >= 0.3 is 0 Å². The lowest BCUT2D eigenvalue weighted by atomic mass is 10.2. The topological polar surface area (TPSA) is 35.8 Å². The van der Waals surface area contributed by atoms with E-state index in [2.05, 4.69) is 5.32 Å². The molecule has 0 aliphatic rings. The largest absolute Gasteiger partial charge is 0.349 e. The summed E-state index contributed by atoms with van der Waals surface area (Å²) in [5, 5.41) is 11.4. The zero-order chi connectivity index (χ0) is 9.68. The van der Waals surface area contributed by atoms with Crippen molar-refractivity contribution in [1.82, 2.24) is 0 Å². The van der Waals surface area contributed by atoms with Gasteiger partial charge in [-0.3, -0.25) is 0 Å². The smallest absolute Gasteiger partial charge is 0.0940 e. The number of nitrogens with zero attached hydrogens (tertiary/aromatic N) is 1. The Hall–Kier alpha value is -1.40. The average molecular weight is 190 g/mol. The molecule has 1 aromatic rings. The van der Waals surface area contributed by atoms with Crippen molar-refractivity contribution >= 4 is 22.9 Å². The Bertz CT molecular complexity index is 352. The lowest BCUT2D eigenvalue weighted by molar-refractivity contribution is 1.39. The van der Waals surface area contributed by atoms with Crippen molar-refractivity contribution < 1.29 is 0 Å². The molecule has 0 atom stereocenters. The van der Waals surface area contributed by atoms with Gasteiger partial charge in [0.25, 0.3) is 0 Å². The van der Waals surface area contributed by atoms with Gasteiger partial charge in [0.05, 0.1) is 17.5 Å². The van der Waals surface area contributed by atoms with Gasteiger partial charge in [0, 0.05) is 5.69 Å². The van der Waals surface area contributed by atoms with Gasteiger partial charge in [-0.2, -0.15) is 5.26 Å². The van der Waals surface area contributed by atoms with E-state index in [-0.39, 0.29) is 6.42 Å². The minimum Gasteiger partial charge on any atom is -0.349 e. The van der Waals surface area contributed by atoms with Crippen LogP contribution in [0.15, 0.2) is 24.3 Å². The van der Waals surface area contributed by atoms with E-state index in [4.69, 9.17) is 17.5 Å². The summed E-state index contributed by atoms with van der Waals surface area (Å²) >= 11 is 4.96. The summed E-state index contributed by atoms with van der Waals surface area (Å²) in [5.74, 6) is 0. The quantitative estimate of drug-likeness (QED) is 0.728. The number of hydrogen-bond donors (Lipinski definition) is 1. The van der Waals surface area contributed by atoms with Crippen molar-refractivity contribution in [3.8, 4) is 6.07 Å². The molecule has 66 valence electrons. The van der Waals surface area contributed by atoms with Gasteiger partial charge in [0.15, 0.2) is 0 Å². The van der Waals surface area contributed by atoms with Crippen LogP contribution in [0.4, 0.5) is 5.69 Å². The number of anilines is 1. The Morgan fingerprint density at radius 2 is 2.23 bits per heavy atom. The van der Waals surface area contributed by atoms with Gasteiger partial charge in [0.1, 0.15) is 0 Å². The molecule has 0 saturated heterocycles. The predicted octanol–water partition coefficient (Wildman–Crippen LogP) is 2.65. The van der Waals surface area contributed by atoms with Gasteiger partial charge in [-0.15, -0.1) is 0 Å². The molecule has 0 bridgehead atoms. The summed E-state index contributed by atoms with van der Waals surface area (Å²) in [5.41, 5.74) is 2.10. The Labute approximate surface area is 83.2 Å². The third kappa shape index (κ3) is 2.85. The van der Waals surface area contributed by atoms with E-state index in [1.54, 1.807) is 0 Å². The van der Waals surface area contributed by atoms with E-state index in [0.29, 0.717) is 4.99 Å². The third-order valence-corrected chi connectivity index (χ3v) is 1.91. The van der Waals surface area contributed by atoms with Crippen LogP contribution in [0.3, 0.4) is 0 Å². The lowest BCUT2D eigenvalue weighted by Crippen LogP contribution is -2.08. The zero-order valence-corrected chi connectivity index (χ0v) is 8.19. The Kier molecular flexibility index (Phi) is 3.41. The highest BCUT2D eigenvalue weighted by molar-refractivity contribution is 7.80. The fourth-order valence-corrected chi connectivity index (χ4v) is 1.15. The molecule has 0 spiro atoms. The maximum Gasteiger partial charge on any atom is 0.0940 e. The number of nitriles is 1. The van der Waals surface area contributed by atoms with Gasteiger partial charge in [0.2, 0.25) is 0 Å². The van der Waals surface area contributed by atoms with Crippen molar-refractivity contribution in [2.45, 2.75) is 13.3 Å². The van der Waals surface area contributed by atoms with Crippen LogP contribution >= 0.6 is 12.2 Å². The maximum atomic E-state index is 8.41. The van der Waals surface area contributed by atoms with Crippen molar-refractivity contribution in [2.24, 2.45) is 0 Å². The molecule has 2 nitrogen and oxygen atoms in total. The first kappa shape index (κ1) is 9.69. The molecule has 0 aromatic heterocycles. The molecule has 0 aliphatic carbocycles. The molecule has 1 aromatic carbocycles. The molecule has 0 radical (unpaired) electrons. The van der Waals surface area contributed by atoms with Crippen LogP contribution in [0.25, 0.3) is 0 Å². The molecular formula is C10H10N2S. The summed E-state index contributed by atoms with van der Waals surface area (Å²) in [4.78, 5) is 0.566. The lowest BCUT2D eigenvalue weighted by Gasteiger charge is -2.07. The van der Waals surface area contributed by atoms with Crippen LogP contribution in [-0.4, -0.2) is 4.99 Å². The molecule has 13 heavy (non-hydrogen) atoms. The number of hydrogen-bond acceptors (Lipinski definition) is 2. The maximum absolute atomic E-state index is 8.41.